The molecule has 0 radical (unpaired) electrons. The Morgan fingerprint density at radius 3 is 2.77 bits per heavy atom. The van der Waals surface area contributed by atoms with Crippen molar-refractivity contribution in [1.82, 2.24) is 15.0 Å². The fourth-order valence-electron chi connectivity index (χ4n) is 2.46. The van der Waals surface area contributed by atoms with Gasteiger partial charge >= 0.3 is 0 Å². The van der Waals surface area contributed by atoms with E-state index in [2.05, 4.69) is 25.6 Å². The van der Waals surface area contributed by atoms with Crippen molar-refractivity contribution in [3.05, 3.63) is 59.9 Å². The van der Waals surface area contributed by atoms with Gasteiger partial charge in [0.2, 0.25) is 5.95 Å². The van der Waals surface area contributed by atoms with Gasteiger partial charge < -0.3 is 15.7 Å². The molecule has 0 aliphatic carbocycles. The lowest BCUT2D eigenvalue weighted by molar-refractivity contribution is 0.191. The molecule has 0 amide bonds. The van der Waals surface area contributed by atoms with Crippen LogP contribution in [0.5, 0.6) is 0 Å². The Kier molecular flexibility index (Phi) is 5.99. The molecule has 0 aliphatic heterocycles. The van der Waals surface area contributed by atoms with E-state index in [4.69, 9.17) is 11.6 Å². The third-order valence-corrected chi connectivity index (χ3v) is 3.90. The van der Waals surface area contributed by atoms with Crippen molar-refractivity contribution in [2.75, 3.05) is 10.6 Å². The standard InChI is InChI=1S/C19H20ClN5O/c1-2-4-18(26)25-17-11-13(7-9-21-17)16-8-10-22-19(24-16)23-15-6-3-5-14(20)12-15/h3,5-12,18,26H,2,4H2,1H3,(H,21,25)(H,22,23,24). The summed E-state index contributed by atoms with van der Waals surface area (Å²) in [6.45, 7) is 2.02. The normalized spacial score (nSPS) is 11.8. The zero-order valence-corrected chi connectivity index (χ0v) is 15.1. The average Bonchev–Trinajstić information content (AvgIpc) is 2.62. The van der Waals surface area contributed by atoms with E-state index in [-0.39, 0.29) is 0 Å². The molecule has 26 heavy (non-hydrogen) atoms. The third kappa shape index (κ3) is 4.91. The zero-order chi connectivity index (χ0) is 18.4. The quantitative estimate of drug-likeness (QED) is 0.533. The van der Waals surface area contributed by atoms with Crippen molar-refractivity contribution in [3.63, 3.8) is 0 Å². The highest BCUT2D eigenvalue weighted by Crippen LogP contribution is 2.22. The van der Waals surface area contributed by atoms with E-state index in [1.54, 1.807) is 18.5 Å². The van der Waals surface area contributed by atoms with Crippen LogP contribution in [0, 0.1) is 0 Å². The molecular weight excluding hydrogens is 350 g/mol. The number of benzene rings is 1. The molecule has 7 heteroatoms. The van der Waals surface area contributed by atoms with Gasteiger partial charge in [0.25, 0.3) is 0 Å². The topological polar surface area (TPSA) is 83.0 Å². The van der Waals surface area contributed by atoms with Gasteiger partial charge in [-0.15, -0.1) is 0 Å². The maximum Gasteiger partial charge on any atom is 0.227 e. The number of aliphatic hydroxyl groups excluding tert-OH is 1. The van der Waals surface area contributed by atoms with Crippen LogP contribution in [0.25, 0.3) is 11.3 Å². The molecule has 0 aliphatic rings. The summed E-state index contributed by atoms with van der Waals surface area (Å²) in [4.78, 5) is 13.0. The Labute approximate surface area is 157 Å². The van der Waals surface area contributed by atoms with E-state index in [1.165, 1.54) is 0 Å². The SMILES string of the molecule is CCCC(O)Nc1cc(-c2ccnc(Nc3cccc(Cl)c3)n2)ccn1. The number of aliphatic hydroxyl groups is 1. The molecule has 0 spiro atoms. The van der Waals surface area contributed by atoms with Crippen molar-refractivity contribution in [3.8, 4) is 11.3 Å². The molecule has 0 fully saturated rings. The summed E-state index contributed by atoms with van der Waals surface area (Å²) >= 11 is 6.00. The minimum atomic E-state index is -0.617. The minimum Gasteiger partial charge on any atom is -0.374 e. The van der Waals surface area contributed by atoms with Gasteiger partial charge in [-0.3, -0.25) is 0 Å². The molecule has 3 N–H and O–H groups in total. The molecule has 6 nitrogen and oxygen atoms in total. The number of halogens is 1. The smallest absolute Gasteiger partial charge is 0.227 e. The van der Waals surface area contributed by atoms with Crippen molar-refractivity contribution < 1.29 is 5.11 Å². The number of aromatic nitrogens is 3. The summed E-state index contributed by atoms with van der Waals surface area (Å²) in [6, 6.07) is 12.9. The molecule has 1 atom stereocenters. The van der Waals surface area contributed by atoms with Crippen LogP contribution < -0.4 is 10.6 Å². The van der Waals surface area contributed by atoms with Crippen LogP contribution in [0.3, 0.4) is 0 Å². The summed E-state index contributed by atoms with van der Waals surface area (Å²) in [5.41, 5.74) is 2.44. The number of hydrogen-bond donors (Lipinski definition) is 3. The summed E-state index contributed by atoms with van der Waals surface area (Å²) in [6.07, 6.45) is 4.30. The molecule has 0 saturated carbocycles. The number of hydrogen-bond acceptors (Lipinski definition) is 6. The highest BCUT2D eigenvalue weighted by molar-refractivity contribution is 6.30. The van der Waals surface area contributed by atoms with Crippen LogP contribution in [0.2, 0.25) is 5.02 Å². The second-order valence-electron chi connectivity index (χ2n) is 5.78. The maximum atomic E-state index is 9.90. The van der Waals surface area contributed by atoms with Crippen LogP contribution in [-0.4, -0.2) is 26.3 Å². The monoisotopic (exact) mass is 369 g/mol. The number of nitrogens with zero attached hydrogens (tertiary/aromatic N) is 3. The van der Waals surface area contributed by atoms with E-state index in [9.17, 15) is 5.11 Å². The number of nitrogens with one attached hydrogen (secondary N) is 2. The molecule has 1 unspecified atom stereocenters. The lowest BCUT2D eigenvalue weighted by Crippen LogP contribution is -2.18. The Morgan fingerprint density at radius 1 is 1.12 bits per heavy atom. The van der Waals surface area contributed by atoms with Crippen molar-refractivity contribution in [2.24, 2.45) is 0 Å². The first-order valence-electron chi connectivity index (χ1n) is 8.40. The third-order valence-electron chi connectivity index (χ3n) is 3.67. The molecule has 3 rings (SSSR count). The van der Waals surface area contributed by atoms with Gasteiger partial charge in [0.15, 0.2) is 0 Å². The molecule has 134 valence electrons. The Morgan fingerprint density at radius 2 is 1.96 bits per heavy atom. The second kappa shape index (κ2) is 8.60. The summed E-state index contributed by atoms with van der Waals surface area (Å²) < 4.78 is 0. The predicted molar refractivity (Wildman–Crippen MR) is 105 cm³/mol. The van der Waals surface area contributed by atoms with E-state index in [1.807, 2.05) is 43.3 Å². The van der Waals surface area contributed by atoms with Crippen LogP contribution in [0.4, 0.5) is 17.5 Å². The van der Waals surface area contributed by atoms with Crippen molar-refractivity contribution in [1.29, 1.82) is 0 Å². The molecule has 2 heterocycles. The molecule has 1 aromatic carbocycles. The molecule has 0 saturated heterocycles. The maximum absolute atomic E-state index is 9.90. The predicted octanol–water partition coefficient (Wildman–Crippen LogP) is 4.47. The first-order valence-corrected chi connectivity index (χ1v) is 8.78. The molecule has 2 aromatic heterocycles. The van der Waals surface area contributed by atoms with E-state index in [0.717, 1.165) is 23.4 Å². The Balaban J connectivity index is 1.79. The number of anilines is 3. The summed E-state index contributed by atoms with van der Waals surface area (Å²) in [7, 11) is 0. The van der Waals surface area contributed by atoms with Crippen molar-refractivity contribution in [2.45, 2.75) is 26.0 Å². The fourth-order valence-corrected chi connectivity index (χ4v) is 2.65. The Bertz CT molecular complexity index is 874. The molecule has 3 aromatic rings. The lowest BCUT2D eigenvalue weighted by Gasteiger charge is -2.13. The minimum absolute atomic E-state index is 0.474. The first-order chi connectivity index (χ1) is 12.6. The summed E-state index contributed by atoms with van der Waals surface area (Å²) in [5, 5.41) is 16.7. The van der Waals surface area contributed by atoms with Gasteiger partial charge in [-0.1, -0.05) is 31.0 Å². The number of pyridine rings is 1. The first kappa shape index (κ1) is 18.1. The second-order valence-corrected chi connectivity index (χ2v) is 6.22. The van der Waals surface area contributed by atoms with E-state index >= 15 is 0 Å². The van der Waals surface area contributed by atoms with E-state index < -0.39 is 6.23 Å². The number of rotatable bonds is 7. The van der Waals surface area contributed by atoms with Gasteiger partial charge in [0.1, 0.15) is 12.0 Å². The van der Waals surface area contributed by atoms with Gasteiger partial charge in [0, 0.05) is 28.7 Å². The molecular formula is C19H20ClN5O. The van der Waals surface area contributed by atoms with Gasteiger partial charge in [-0.05, 0) is 42.8 Å². The van der Waals surface area contributed by atoms with Crippen LogP contribution >= 0.6 is 11.6 Å². The molecule has 0 bridgehead atoms. The Hall–Kier alpha value is -2.70. The zero-order valence-electron chi connectivity index (χ0n) is 14.4. The van der Waals surface area contributed by atoms with Gasteiger partial charge in [0.05, 0.1) is 5.69 Å². The van der Waals surface area contributed by atoms with Gasteiger partial charge in [-0.25, -0.2) is 15.0 Å². The highest BCUT2D eigenvalue weighted by atomic mass is 35.5. The summed E-state index contributed by atoms with van der Waals surface area (Å²) in [5.74, 6) is 1.08. The van der Waals surface area contributed by atoms with Gasteiger partial charge in [-0.2, -0.15) is 0 Å². The average molecular weight is 370 g/mol. The fraction of sp³-hybridized carbons (Fsp3) is 0.211. The van der Waals surface area contributed by atoms with Crippen LogP contribution in [0.1, 0.15) is 19.8 Å². The largest absolute Gasteiger partial charge is 0.374 e. The lowest BCUT2D eigenvalue weighted by atomic mass is 10.2. The van der Waals surface area contributed by atoms with Crippen LogP contribution in [-0.2, 0) is 0 Å². The highest BCUT2D eigenvalue weighted by Gasteiger charge is 2.07. The van der Waals surface area contributed by atoms with Crippen LogP contribution in [0.15, 0.2) is 54.9 Å². The van der Waals surface area contributed by atoms with E-state index in [0.29, 0.717) is 23.2 Å². The van der Waals surface area contributed by atoms with Crippen molar-refractivity contribution >= 4 is 29.1 Å².